The Hall–Kier alpha value is -3.62. The highest BCUT2D eigenvalue weighted by Crippen LogP contribution is 2.32. The van der Waals surface area contributed by atoms with E-state index < -0.39 is 0 Å². The summed E-state index contributed by atoms with van der Waals surface area (Å²) in [6.07, 6.45) is 6.20. The number of amides is 1. The fourth-order valence-electron chi connectivity index (χ4n) is 2.42. The van der Waals surface area contributed by atoms with E-state index in [2.05, 4.69) is 20.5 Å². The van der Waals surface area contributed by atoms with Gasteiger partial charge in [-0.25, -0.2) is 0 Å². The highest BCUT2D eigenvalue weighted by atomic mass is 16.7. The van der Waals surface area contributed by atoms with E-state index in [0.29, 0.717) is 17.3 Å². The van der Waals surface area contributed by atoms with Gasteiger partial charge in [-0.1, -0.05) is 6.07 Å². The maximum atomic E-state index is 12.0. The molecule has 0 unspecified atom stereocenters. The number of nitrogens with zero attached hydrogens (tertiary/aromatic N) is 3. The van der Waals surface area contributed by atoms with Gasteiger partial charge in [-0.05, 0) is 23.8 Å². The van der Waals surface area contributed by atoms with Gasteiger partial charge in [0.2, 0.25) is 18.3 Å². The Morgan fingerprint density at radius 2 is 2.20 bits per heavy atom. The monoisotopic (exact) mass is 339 g/mol. The zero-order chi connectivity index (χ0) is 17.2. The Morgan fingerprint density at radius 3 is 3.12 bits per heavy atom. The summed E-state index contributed by atoms with van der Waals surface area (Å²) in [6.45, 7) is 0.354. The SMILES string of the molecule is O=C(/C=C\c1ccc2c(c1)OCO2)NCc1nnc2c(=O)[nH]ccn12. The van der Waals surface area contributed by atoms with Crippen molar-refractivity contribution >= 4 is 17.6 Å². The summed E-state index contributed by atoms with van der Waals surface area (Å²) in [7, 11) is 0. The Bertz CT molecular complexity index is 1040. The van der Waals surface area contributed by atoms with Crippen LogP contribution < -0.4 is 20.3 Å². The summed E-state index contributed by atoms with van der Waals surface area (Å²) in [4.78, 5) is 26.1. The molecule has 0 bridgehead atoms. The number of nitrogens with one attached hydrogen (secondary N) is 2. The van der Waals surface area contributed by atoms with Crippen molar-refractivity contribution in [1.82, 2.24) is 24.9 Å². The van der Waals surface area contributed by atoms with E-state index in [1.54, 1.807) is 24.4 Å². The van der Waals surface area contributed by atoms with Crippen molar-refractivity contribution in [2.45, 2.75) is 6.54 Å². The largest absolute Gasteiger partial charge is 0.454 e. The molecule has 1 aliphatic heterocycles. The Balaban J connectivity index is 1.42. The number of carbonyl (C=O) groups is 1. The first-order valence-corrected chi connectivity index (χ1v) is 7.47. The first-order valence-electron chi connectivity index (χ1n) is 7.47. The molecule has 1 aliphatic rings. The van der Waals surface area contributed by atoms with Crippen LogP contribution in [0.4, 0.5) is 0 Å². The number of hydrogen-bond donors (Lipinski definition) is 2. The molecule has 126 valence electrons. The Morgan fingerprint density at radius 1 is 1.32 bits per heavy atom. The molecule has 0 saturated carbocycles. The lowest BCUT2D eigenvalue weighted by Crippen LogP contribution is -2.22. The van der Waals surface area contributed by atoms with Gasteiger partial charge >= 0.3 is 0 Å². The van der Waals surface area contributed by atoms with Crippen LogP contribution >= 0.6 is 0 Å². The Kier molecular flexibility index (Phi) is 3.65. The van der Waals surface area contributed by atoms with Gasteiger partial charge < -0.3 is 19.8 Å². The molecule has 1 amide bonds. The maximum Gasteiger partial charge on any atom is 0.293 e. The third-order valence-electron chi connectivity index (χ3n) is 3.65. The van der Waals surface area contributed by atoms with E-state index in [4.69, 9.17) is 9.47 Å². The number of rotatable bonds is 4. The quantitative estimate of drug-likeness (QED) is 0.669. The molecule has 2 N–H and O–H groups in total. The maximum absolute atomic E-state index is 12.0. The fourth-order valence-corrected chi connectivity index (χ4v) is 2.42. The number of ether oxygens (including phenoxy) is 2. The topological polar surface area (TPSA) is 111 Å². The van der Waals surface area contributed by atoms with Gasteiger partial charge in [0.15, 0.2) is 17.3 Å². The van der Waals surface area contributed by atoms with Gasteiger partial charge in [0.1, 0.15) is 0 Å². The van der Waals surface area contributed by atoms with Gasteiger partial charge in [-0.2, -0.15) is 0 Å². The molecule has 2 aromatic heterocycles. The van der Waals surface area contributed by atoms with E-state index in [1.807, 2.05) is 6.07 Å². The summed E-state index contributed by atoms with van der Waals surface area (Å²) in [6, 6.07) is 5.42. The van der Waals surface area contributed by atoms with E-state index in [1.165, 1.54) is 16.7 Å². The van der Waals surface area contributed by atoms with Crippen LogP contribution in [-0.4, -0.2) is 32.3 Å². The first-order chi connectivity index (χ1) is 12.2. The summed E-state index contributed by atoms with van der Waals surface area (Å²) in [5, 5.41) is 10.4. The molecule has 4 rings (SSSR count). The summed E-state index contributed by atoms with van der Waals surface area (Å²) in [5.41, 5.74) is 0.664. The molecule has 0 saturated heterocycles. The summed E-state index contributed by atoms with van der Waals surface area (Å²) >= 11 is 0. The lowest BCUT2D eigenvalue weighted by molar-refractivity contribution is -0.116. The van der Waals surface area contributed by atoms with Gasteiger partial charge in [-0.15, -0.1) is 10.2 Å². The van der Waals surface area contributed by atoms with Crippen molar-refractivity contribution < 1.29 is 14.3 Å². The number of hydrogen-bond acceptors (Lipinski definition) is 6. The molecule has 3 aromatic rings. The Labute approximate surface area is 140 Å². The van der Waals surface area contributed by atoms with Crippen LogP contribution in [-0.2, 0) is 11.3 Å². The number of aromatic amines is 1. The minimum atomic E-state index is -0.338. The highest BCUT2D eigenvalue weighted by Gasteiger charge is 2.12. The molecule has 0 atom stereocenters. The summed E-state index contributed by atoms with van der Waals surface area (Å²) < 4.78 is 12.1. The second-order valence-electron chi connectivity index (χ2n) is 5.26. The van der Waals surface area contributed by atoms with E-state index >= 15 is 0 Å². The molecule has 9 nitrogen and oxygen atoms in total. The van der Waals surface area contributed by atoms with Gasteiger partial charge in [-0.3, -0.25) is 14.0 Å². The third kappa shape index (κ3) is 2.94. The molecule has 3 heterocycles. The van der Waals surface area contributed by atoms with Gasteiger partial charge in [0.25, 0.3) is 5.56 Å². The average Bonchev–Trinajstić information content (AvgIpc) is 3.25. The number of H-pyrrole nitrogens is 1. The standard InChI is InChI=1S/C16H13N5O4/c22-14(4-2-10-1-3-11-12(7-10)25-9-24-11)18-8-13-19-20-15-16(23)17-5-6-21(13)15/h1-7H,8-9H2,(H,17,23)(H,18,22)/b4-2-. The van der Waals surface area contributed by atoms with Crippen molar-refractivity contribution in [1.29, 1.82) is 0 Å². The molecule has 9 heteroatoms. The zero-order valence-electron chi connectivity index (χ0n) is 12.9. The van der Waals surface area contributed by atoms with E-state index in [0.717, 1.165) is 5.56 Å². The molecular weight excluding hydrogens is 326 g/mol. The molecule has 0 spiro atoms. The molecule has 0 fully saturated rings. The van der Waals surface area contributed by atoms with Crippen molar-refractivity contribution in [3.63, 3.8) is 0 Å². The minimum Gasteiger partial charge on any atom is -0.454 e. The van der Waals surface area contributed by atoms with Gasteiger partial charge in [0, 0.05) is 18.5 Å². The van der Waals surface area contributed by atoms with Crippen molar-refractivity contribution in [3.8, 4) is 11.5 Å². The van der Waals surface area contributed by atoms with E-state index in [-0.39, 0.29) is 30.5 Å². The second-order valence-corrected chi connectivity index (χ2v) is 5.26. The molecule has 0 radical (unpaired) electrons. The third-order valence-corrected chi connectivity index (χ3v) is 3.65. The fraction of sp³-hybridized carbons (Fsp3) is 0.125. The van der Waals surface area contributed by atoms with Crippen LogP contribution in [0.3, 0.4) is 0 Å². The summed E-state index contributed by atoms with van der Waals surface area (Å²) in [5.74, 6) is 1.52. The van der Waals surface area contributed by atoms with Crippen molar-refractivity contribution in [2.24, 2.45) is 0 Å². The lowest BCUT2D eigenvalue weighted by Gasteiger charge is -2.01. The van der Waals surface area contributed by atoms with E-state index in [9.17, 15) is 9.59 Å². The van der Waals surface area contributed by atoms with Crippen LogP contribution in [0.25, 0.3) is 11.7 Å². The van der Waals surface area contributed by atoms with Crippen LogP contribution in [0.5, 0.6) is 11.5 Å². The molecular formula is C16H13N5O4. The van der Waals surface area contributed by atoms with Crippen LogP contribution in [0.2, 0.25) is 0 Å². The number of aromatic nitrogens is 4. The first kappa shape index (κ1) is 14.9. The van der Waals surface area contributed by atoms with Crippen LogP contribution in [0.1, 0.15) is 11.4 Å². The van der Waals surface area contributed by atoms with Crippen LogP contribution in [0, 0.1) is 0 Å². The second kappa shape index (κ2) is 6.11. The average molecular weight is 339 g/mol. The molecule has 1 aromatic carbocycles. The highest BCUT2D eigenvalue weighted by molar-refractivity contribution is 5.91. The number of carbonyl (C=O) groups excluding carboxylic acids is 1. The number of fused-ring (bicyclic) bond motifs is 2. The molecule has 0 aliphatic carbocycles. The molecule has 25 heavy (non-hydrogen) atoms. The number of benzene rings is 1. The smallest absolute Gasteiger partial charge is 0.293 e. The van der Waals surface area contributed by atoms with Crippen molar-refractivity contribution in [3.05, 3.63) is 58.4 Å². The van der Waals surface area contributed by atoms with Gasteiger partial charge in [0.05, 0.1) is 6.54 Å². The lowest BCUT2D eigenvalue weighted by atomic mass is 10.2. The van der Waals surface area contributed by atoms with Crippen LogP contribution in [0.15, 0.2) is 41.5 Å². The van der Waals surface area contributed by atoms with Crippen molar-refractivity contribution in [2.75, 3.05) is 6.79 Å². The predicted octanol–water partition coefficient (Wildman–Crippen LogP) is 0.476. The predicted molar refractivity (Wildman–Crippen MR) is 87.1 cm³/mol. The zero-order valence-corrected chi connectivity index (χ0v) is 12.9. The normalized spacial score (nSPS) is 12.8. The minimum absolute atomic E-state index is 0.148.